The van der Waals surface area contributed by atoms with Gasteiger partial charge in [0.25, 0.3) is 0 Å². The van der Waals surface area contributed by atoms with Gasteiger partial charge in [-0.2, -0.15) is 13.2 Å². The number of ether oxygens (including phenoxy) is 1. The number of carbonyl (C=O) groups excluding carboxylic acids is 1. The van der Waals surface area contributed by atoms with Gasteiger partial charge in [-0.1, -0.05) is 0 Å². The molecule has 94 valence electrons. The van der Waals surface area contributed by atoms with Crippen molar-refractivity contribution in [2.45, 2.75) is 6.18 Å². The zero-order chi connectivity index (χ0) is 13.2. The summed E-state index contributed by atoms with van der Waals surface area (Å²) >= 11 is 2.82. The molecule has 0 saturated heterocycles. The predicted octanol–water partition coefficient (Wildman–Crippen LogP) is 2.69. The smallest absolute Gasteiger partial charge is 0.435 e. The molecule has 0 radical (unpaired) electrons. The Bertz CT molecular complexity index is 449. The Morgan fingerprint density at radius 1 is 1.53 bits per heavy atom. The third kappa shape index (κ3) is 2.87. The number of esters is 1. The van der Waals surface area contributed by atoms with Crippen LogP contribution in [0.3, 0.4) is 0 Å². The lowest BCUT2D eigenvalue weighted by molar-refractivity contribution is -0.140. The van der Waals surface area contributed by atoms with Gasteiger partial charge in [-0.05, 0) is 22.0 Å². The van der Waals surface area contributed by atoms with Gasteiger partial charge in [-0.3, -0.25) is 0 Å². The van der Waals surface area contributed by atoms with E-state index in [0.717, 1.165) is 13.2 Å². The van der Waals surface area contributed by atoms with E-state index >= 15 is 0 Å². The molecule has 0 aromatic carbocycles. The van der Waals surface area contributed by atoms with Crippen molar-refractivity contribution in [2.75, 3.05) is 19.5 Å². The molecule has 1 N–H and O–H groups in total. The molecule has 0 saturated carbocycles. The molecule has 0 unspecified atom stereocenters. The van der Waals surface area contributed by atoms with Crippen molar-refractivity contribution in [2.24, 2.45) is 0 Å². The van der Waals surface area contributed by atoms with Crippen LogP contribution in [0.5, 0.6) is 0 Å². The minimum Gasteiger partial charge on any atom is -0.465 e. The Balaban J connectivity index is 3.52. The maximum absolute atomic E-state index is 12.7. The van der Waals surface area contributed by atoms with Crippen LogP contribution in [0.2, 0.25) is 0 Å². The molecule has 0 atom stereocenters. The van der Waals surface area contributed by atoms with Crippen LogP contribution in [0, 0.1) is 0 Å². The molecular formula is C9H8BrF3N2O2. The molecule has 0 amide bonds. The van der Waals surface area contributed by atoms with Crippen molar-refractivity contribution in [1.82, 2.24) is 4.98 Å². The standard InChI is InChI=1S/C9H8BrF3N2O2/c1-14-6-4(8(16)17-2)3-5(10)15-7(6)9(11,12)13/h3,14H,1-2H3. The first-order valence-electron chi connectivity index (χ1n) is 4.35. The van der Waals surface area contributed by atoms with Gasteiger partial charge >= 0.3 is 12.1 Å². The lowest BCUT2D eigenvalue weighted by Gasteiger charge is -2.14. The lowest BCUT2D eigenvalue weighted by Crippen LogP contribution is -2.16. The van der Waals surface area contributed by atoms with E-state index in [1.54, 1.807) is 0 Å². The van der Waals surface area contributed by atoms with Gasteiger partial charge in [0.1, 0.15) is 4.60 Å². The number of aromatic nitrogens is 1. The summed E-state index contributed by atoms with van der Waals surface area (Å²) in [5.74, 6) is -0.872. The van der Waals surface area contributed by atoms with Crippen molar-refractivity contribution >= 4 is 27.6 Å². The van der Waals surface area contributed by atoms with E-state index in [-0.39, 0.29) is 10.2 Å². The molecule has 4 nitrogen and oxygen atoms in total. The van der Waals surface area contributed by atoms with E-state index in [4.69, 9.17) is 0 Å². The summed E-state index contributed by atoms with van der Waals surface area (Å²) in [4.78, 5) is 14.7. The fourth-order valence-corrected chi connectivity index (χ4v) is 1.65. The number of alkyl halides is 3. The number of hydrogen-bond acceptors (Lipinski definition) is 4. The van der Waals surface area contributed by atoms with Gasteiger partial charge in [0.15, 0.2) is 5.69 Å². The highest BCUT2D eigenvalue weighted by atomic mass is 79.9. The van der Waals surface area contributed by atoms with Crippen LogP contribution in [-0.2, 0) is 10.9 Å². The van der Waals surface area contributed by atoms with Crippen LogP contribution in [0.15, 0.2) is 10.7 Å². The second kappa shape index (κ2) is 4.91. The van der Waals surface area contributed by atoms with Gasteiger partial charge in [-0.15, -0.1) is 0 Å². The molecule has 1 heterocycles. The minimum absolute atomic E-state index is 0.0933. The third-order valence-corrected chi connectivity index (χ3v) is 2.32. The summed E-state index contributed by atoms with van der Waals surface area (Å²) in [5.41, 5.74) is -1.81. The third-order valence-electron chi connectivity index (χ3n) is 1.91. The second-order valence-corrected chi connectivity index (χ2v) is 3.77. The first kappa shape index (κ1) is 13.8. The zero-order valence-corrected chi connectivity index (χ0v) is 10.4. The maximum atomic E-state index is 12.7. The van der Waals surface area contributed by atoms with Gasteiger partial charge in [-0.25, -0.2) is 9.78 Å². The number of methoxy groups -OCH3 is 1. The van der Waals surface area contributed by atoms with Crippen molar-refractivity contribution in [3.8, 4) is 0 Å². The van der Waals surface area contributed by atoms with Crippen LogP contribution >= 0.6 is 15.9 Å². The fraction of sp³-hybridized carbons (Fsp3) is 0.333. The van der Waals surface area contributed by atoms with Gasteiger partial charge in [0, 0.05) is 7.05 Å². The molecule has 0 aliphatic rings. The zero-order valence-electron chi connectivity index (χ0n) is 8.85. The molecular weight excluding hydrogens is 305 g/mol. The fourth-order valence-electron chi connectivity index (χ4n) is 1.24. The van der Waals surface area contributed by atoms with E-state index in [2.05, 4.69) is 31.0 Å². The molecule has 0 aliphatic heterocycles. The van der Waals surface area contributed by atoms with Crippen molar-refractivity contribution in [1.29, 1.82) is 0 Å². The van der Waals surface area contributed by atoms with Crippen LogP contribution < -0.4 is 5.32 Å². The summed E-state index contributed by atoms with van der Waals surface area (Å²) in [6, 6.07) is 1.16. The molecule has 0 spiro atoms. The molecule has 8 heteroatoms. The van der Waals surface area contributed by atoms with E-state index < -0.39 is 23.5 Å². The molecule has 1 aromatic rings. The number of nitrogens with zero attached hydrogens (tertiary/aromatic N) is 1. The average molecular weight is 313 g/mol. The van der Waals surface area contributed by atoms with Crippen LogP contribution in [0.25, 0.3) is 0 Å². The first-order chi connectivity index (χ1) is 7.81. The number of rotatable bonds is 2. The number of pyridine rings is 1. The van der Waals surface area contributed by atoms with Gasteiger partial charge in [0.05, 0.1) is 18.4 Å². The SMILES string of the molecule is CNc1c(C(=O)OC)cc(Br)nc1C(F)(F)F. The molecule has 1 aromatic heterocycles. The lowest BCUT2D eigenvalue weighted by atomic mass is 10.1. The quantitative estimate of drug-likeness (QED) is 0.674. The number of hydrogen-bond donors (Lipinski definition) is 1. The normalized spacial score (nSPS) is 11.2. The highest BCUT2D eigenvalue weighted by molar-refractivity contribution is 9.10. The van der Waals surface area contributed by atoms with Crippen LogP contribution in [-0.4, -0.2) is 25.1 Å². The van der Waals surface area contributed by atoms with Crippen LogP contribution in [0.4, 0.5) is 18.9 Å². The van der Waals surface area contributed by atoms with Gasteiger partial charge < -0.3 is 10.1 Å². The topological polar surface area (TPSA) is 51.2 Å². The number of nitrogens with one attached hydrogen (secondary N) is 1. The Morgan fingerprint density at radius 3 is 2.53 bits per heavy atom. The summed E-state index contributed by atoms with van der Waals surface area (Å²) in [5, 5.41) is 2.31. The van der Waals surface area contributed by atoms with E-state index in [1.165, 1.54) is 7.05 Å². The summed E-state index contributed by atoms with van der Waals surface area (Å²) in [6.45, 7) is 0. The largest absolute Gasteiger partial charge is 0.465 e. The Labute approximate surface area is 103 Å². The second-order valence-electron chi connectivity index (χ2n) is 2.96. The highest BCUT2D eigenvalue weighted by Gasteiger charge is 2.37. The van der Waals surface area contributed by atoms with Crippen molar-refractivity contribution < 1.29 is 22.7 Å². The first-order valence-corrected chi connectivity index (χ1v) is 5.14. The molecule has 0 aliphatic carbocycles. The van der Waals surface area contributed by atoms with Crippen molar-refractivity contribution in [3.05, 3.63) is 21.9 Å². The summed E-state index contributed by atoms with van der Waals surface area (Å²) in [7, 11) is 2.36. The number of anilines is 1. The predicted molar refractivity (Wildman–Crippen MR) is 57.8 cm³/mol. The average Bonchev–Trinajstić information content (AvgIpc) is 2.25. The Morgan fingerprint density at radius 2 is 2.12 bits per heavy atom. The van der Waals surface area contributed by atoms with E-state index in [1.807, 2.05) is 0 Å². The monoisotopic (exact) mass is 312 g/mol. The minimum atomic E-state index is -4.66. The molecule has 0 bridgehead atoms. The molecule has 0 fully saturated rings. The highest BCUT2D eigenvalue weighted by Crippen LogP contribution is 2.36. The Kier molecular flexibility index (Phi) is 3.97. The van der Waals surface area contributed by atoms with E-state index in [9.17, 15) is 18.0 Å². The van der Waals surface area contributed by atoms with E-state index in [0.29, 0.717) is 0 Å². The van der Waals surface area contributed by atoms with Gasteiger partial charge in [0.2, 0.25) is 0 Å². The number of carbonyl (C=O) groups is 1. The maximum Gasteiger partial charge on any atom is 0.435 e. The Hall–Kier alpha value is -1.31. The molecule has 17 heavy (non-hydrogen) atoms. The van der Waals surface area contributed by atoms with Crippen LogP contribution in [0.1, 0.15) is 16.1 Å². The molecule has 1 rings (SSSR count). The van der Waals surface area contributed by atoms with Crippen molar-refractivity contribution in [3.63, 3.8) is 0 Å². The summed E-state index contributed by atoms with van der Waals surface area (Å²) < 4.78 is 42.4. The number of halogens is 4. The summed E-state index contributed by atoms with van der Waals surface area (Å²) in [6.07, 6.45) is -4.66.